The highest BCUT2D eigenvalue weighted by Crippen LogP contribution is 2.05. The molecule has 1 aromatic heterocycles. The van der Waals surface area contributed by atoms with Crippen LogP contribution in [0, 0.1) is 6.92 Å². The van der Waals surface area contributed by atoms with E-state index < -0.39 is 0 Å². The predicted octanol–water partition coefficient (Wildman–Crippen LogP) is 1.90. The van der Waals surface area contributed by atoms with Gasteiger partial charge in [-0.2, -0.15) is 0 Å². The van der Waals surface area contributed by atoms with Crippen LogP contribution in [-0.2, 0) is 0 Å². The van der Waals surface area contributed by atoms with E-state index in [1.54, 1.807) is 12.1 Å². The minimum atomic E-state index is 0.0208. The predicted molar refractivity (Wildman–Crippen MR) is 52.8 cm³/mol. The normalized spacial score (nSPS) is 10.2. The van der Waals surface area contributed by atoms with Crippen LogP contribution in [0.4, 0.5) is 0 Å². The molecular formula is C11H9NO. The third kappa shape index (κ3) is 1.43. The molecule has 0 radical (unpaired) electrons. The Bertz CT molecular complexity index is 505. The summed E-state index contributed by atoms with van der Waals surface area (Å²) in [6.07, 6.45) is 0. The van der Waals surface area contributed by atoms with Crippen molar-refractivity contribution in [2.24, 2.45) is 0 Å². The van der Waals surface area contributed by atoms with Gasteiger partial charge < -0.3 is 0 Å². The second-order valence-corrected chi connectivity index (χ2v) is 2.97. The largest absolute Gasteiger partial charge is 0.289 e. The highest BCUT2D eigenvalue weighted by Gasteiger charge is 1.95. The maximum atomic E-state index is 11.5. The fraction of sp³-hybridized carbons (Fsp3) is 0.0909. The molecule has 0 saturated heterocycles. The number of hydrogen-bond acceptors (Lipinski definition) is 2. The van der Waals surface area contributed by atoms with Gasteiger partial charge in [0.05, 0.1) is 5.52 Å². The molecule has 64 valence electrons. The molecule has 2 aromatic rings. The first kappa shape index (κ1) is 7.92. The Labute approximate surface area is 75.9 Å². The zero-order valence-electron chi connectivity index (χ0n) is 7.32. The molecular weight excluding hydrogens is 162 g/mol. The van der Waals surface area contributed by atoms with Crippen LogP contribution in [0.2, 0.25) is 0 Å². The summed E-state index contributed by atoms with van der Waals surface area (Å²) in [7, 11) is 0. The zero-order chi connectivity index (χ0) is 9.26. The van der Waals surface area contributed by atoms with Crippen molar-refractivity contribution in [3.8, 4) is 0 Å². The fourth-order valence-corrected chi connectivity index (χ4v) is 1.29. The molecule has 2 heteroatoms. The molecule has 13 heavy (non-hydrogen) atoms. The van der Waals surface area contributed by atoms with E-state index in [2.05, 4.69) is 4.98 Å². The first-order chi connectivity index (χ1) is 6.27. The van der Waals surface area contributed by atoms with Crippen molar-refractivity contribution >= 4 is 10.9 Å². The number of fused-ring (bicyclic) bond motifs is 1. The second-order valence-electron chi connectivity index (χ2n) is 2.97. The van der Waals surface area contributed by atoms with E-state index in [1.807, 2.05) is 31.2 Å². The Morgan fingerprint density at radius 2 is 1.85 bits per heavy atom. The van der Waals surface area contributed by atoms with Gasteiger partial charge in [-0.25, -0.2) is 0 Å². The second kappa shape index (κ2) is 2.98. The number of pyridine rings is 1. The van der Waals surface area contributed by atoms with Crippen LogP contribution >= 0.6 is 0 Å². The number of aromatic nitrogens is 1. The van der Waals surface area contributed by atoms with Crippen molar-refractivity contribution in [1.82, 2.24) is 4.98 Å². The molecule has 2 nitrogen and oxygen atoms in total. The Hall–Kier alpha value is -1.70. The summed E-state index contributed by atoms with van der Waals surface area (Å²) < 4.78 is 0. The first-order valence-electron chi connectivity index (χ1n) is 4.14. The summed E-state index contributed by atoms with van der Waals surface area (Å²) in [4.78, 5) is 15.7. The van der Waals surface area contributed by atoms with E-state index >= 15 is 0 Å². The Morgan fingerprint density at radius 3 is 2.69 bits per heavy atom. The molecule has 1 heterocycles. The summed E-state index contributed by atoms with van der Waals surface area (Å²) in [5.41, 5.74) is 1.71. The summed E-state index contributed by atoms with van der Waals surface area (Å²) >= 11 is 0. The molecule has 0 spiro atoms. The Morgan fingerprint density at radius 1 is 1.08 bits per heavy atom. The molecule has 0 unspecified atom stereocenters. The SMILES string of the molecule is Cc1ccc2c(=O)ccccc2n1. The molecule has 1 aromatic carbocycles. The summed E-state index contributed by atoms with van der Waals surface area (Å²) in [5, 5.41) is 0.676. The van der Waals surface area contributed by atoms with Crippen molar-refractivity contribution < 1.29 is 0 Å². The van der Waals surface area contributed by atoms with Crippen molar-refractivity contribution in [3.63, 3.8) is 0 Å². The van der Waals surface area contributed by atoms with Gasteiger partial charge in [0.2, 0.25) is 0 Å². The average Bonchev–Trinajstić information content (AvgIpc) is 2.28. The molecule has 0 atom stereocenters. The summed E-state index contributed by atoms with van der Waals surface area (Å²) in [6.45, 7) is 1.91. The van der Waals surface area contributed by atoms with Crippen molar-refractivity contribution in [1.29, 1.82) is 0 Å². The van der Waals surface area contributed by atoms with E-state index in [0.717, 1.165) is 11.2 Å². The molecule has 0 amide bonds. The van der Waals surface area contributed by atoms with Crippen LogP contribution in [0.1, 0.15) is 5.69 Å². The maximum Gasteiger partial charge on any atom is 0.188 e. The highest BCUT2D eigenvalue weighted by molar-refractivity contribution is 5.77. The molecule has 0 aliphatic rings. The zero-order valence-corrected chi connectivity index (χ0v) is 7.32. The lowest BCUT2D eigenvalue weighted by Gasteiger charge is -1.92. The minimum absolute atomic E-state index is 0.0208. The molecule has 0 N–H and O–H groups in total. The van der Waals surface area contributed by atoms with Gasteiger partial charge in [0.25, 0.3) is 0 Å². The van der Waals surface area contributed by atoms with Crippen LogP contribution in [0.15, 0.2) is 41.2 Å². The van der Waals surface area contributed by atoms with Crippen LogP contribution in [0.3, 0.4) is 0 Å². The summed E-state index contributed by atoms with van der Waals surface area (Å²) in [5.74, 6) is 0. The quantitative estimate of drug-likeness (QED) is 0.606. The van der Waals surface area contributed by atoms with Crippen molar-refractivity contribution in [2.45, 2.75) is 6.92 Å². The van der Waals surface area contributed by atoms with E-state index in [9.17, 15) is 4.79 Å². The van der Waals surface area contributed by atoms with Gasteiger partial charge in [-0.3, -0.25) is 9.78 Å². The lowest BCUT2D eigenvalue weighted by atomic mass is 10.2. The Balaban J connectivity index is 3.00. The third-order valence-corrected chi connectivity index (χ3v) is 1.94. The molecule has 0 aliphatic carbocycles. The lowest BCUT2D eigenvalue weighted by Crippen LogP contribution is -1.95. The highest BCUT2D eigenvalue weighted by atomic mass is 16.1. The van der Waals surface area contributed by atoms with Crippen molar-refractivity contribution in [2.75, 3.05) is 0 Å². The molecule has 0 saturated carbocycles. The summed E-state index contributed by atoms with van der Waals surface area (Å²) in [6, 6.07) is 10.6. The van der Waals surface area contributed by atoms with Gasteiger partial charge in [-0.1, -0.05) is 12.1 Å². The lowest BCUT2D eigenvalue weighted by molar-refractivity contribution is 1.26. The van der Waals surface area contributed by atoms with Gasteiger partial charge in [0.15, 0.2) is 5.43 Å². The molecule has 2 rings (SSSR count). The topological polar surface area (TPSA) is 30.0 Å². The maximum absolute atomic E-state index is 11.5. The van der Waals surface area contributed by atoms with Crippen molar-refractivity contribution in [3.05, 3.63) is 52.3 Å². The first-order valence-corrected chi connectivity index (χ1v) is 4.14. The van der Waals surface area contributed by atoms with E-state index in [0.29, 0.717) is 5.39 Å². The molecule has 0 aliphatic heterocycles. The van der Waals surface area contributed by atoms with E-state index in [1.165, 1.54) is 0 Å². The van der Waals surface area contributed by atoms with Crippen LogP contribution in [0.25, 0.3) is 10.9 Å². The third-order valence-electron chi connectivity index (χ3n) is 1.94. The van der Waals surface area contributed by atoms with Gasteiger partial charge in [-0.15, -0.1) is 0 Å². The average molecular weight is 171 g/mol. The molecule has 0 bridgehead atoms. The Kier molecular flexibility index (Phi) is 1.81. The number of rotatable bonds is 0. The molecule has 0 fully saturated rings. The monoisotopic (exact) mass is 171 g/mol. The van der Waals surface area contributed by atoms with Gasteiger partial charge in [-0.05, 0) is 31.2 Å². The van der Waals surface area contributed by atoms with E-state index in [4.69, 9.17) is 0 Å². The van der Waals surface area contributed by atoms with Gasteiger partial charge in [0.1, 0.15) is 0 Å². The standard InChI is InChI=1S/C11H9NO/c1-8-6-7-9-10(12-8)4-2-3-5-11(9)13/h2-7H,1H3. The number of nitrogens with zero attached hydrogens (tertiary/aromatic N) is 1. The number of hydrogen-bond donors (Lipinski definition) is 0. The van der Waals surface area contributed by atoms with Crippen LogP contribution in [-0.4, -0.2) is 4.98 Å². The van der Waals surface area contributed by atoms with Crippen LogP contribution in [0.5, 0.6) is 0 Å². The fourth-order valence-electron chi connectivity index (χ4n) is 1.29. The van der Waals surface area contributed by atoms with E-state index in [-0.39, 0.29) is 5.43 Å². The van der Waals surface area contributed by atoms with Gasteiger partial charge in [0, 0.05) is 11.1 Å². The number of aryl methyl sites for hydroxylation is 1. The van der Waals surface area contributed by atoms with Gasteiger partial charge >= 0.3 is 0 Å². The smallest absolute Gasteiger partial charge is 0.188 e. The minimum Gasteiger partial charge on any atom is -0.289 e. The van der Waals surface area contributed by atoms with Crippen LogP contribution < -0.4 is 5.43 Å².